The smallest absolute Gasteiger partial charge is 0.358 e. The van der Waals surface area contributed by atoms with Gasteiger partial charge in [0.2, 0.25) is 5.69 Å². The van der Waals surface area contributed by atoms with Gasteiger partial charge in [-0.25, -0.2) is 8.78 Å². The number of hydrogen-bond donors (Lipinski definition) is 0. The summed E-state index contributed by atoms with van der Waals surface area (Å²) in [7, 11) is 0. The Hall–Kier alpha value is -2.10. The van der Waals surface area contributed by atoms with Crippen LogP contribution in [0.15, 0.2) is 6.07 Å². The number of halogens is 2. The molecule has 78 valence electrons. The van der Waals surface area contributed by atoms with E-state index < -0.39 is 22.9 Å². The van der Waals surface area contributed by atoms with E-state index in [0.717, 1.165) is 6.07 Å². The lowest BCUT2D eigenvalue weighted by Gasteiger charge is -2.00. The molecule has 0 spiro atoms. The van der Waals surface area contributed by atoms with Crippen LogP contribution in [0.3, 0.4) is 0 Å². The maximum absolute atomic E-state index is 12.3. The number of nitro groups is 1. The first-order valence-electron chi connectivity index (χ1n) is 3.81. The molecule has 5 nitrogen and oxygen atoms in total. The van der Waals surface area contributed by atoms with Gasteiger partial charge in [-0.05, 0) is 22.9 Å². The largest absolute Gasteiger partial charge is 0.381 e. The van der Waals surface area contributed by atoms with Crippen molar-refractivity contribution in [3.05, 3.63) is 33.0 Å². The highest BCUT2D eigenvalue weighted by atomic mass is 19.3. The topological polar surface area (TPSA) is 79.8 Å². The van der Waals surface area contributed by atoms with Gasteiger partial charge in [0, 0.05) is 5.56 Å². The van der Waals surface area contributed by atoms with E-state index in [2.05, 4.69) is 4.98 Å². The third-order valence-corrected chi connectivity index (χ3v) is 1.73. The van der Waals surface area contributed by atoms with Gasteiger partial charge in [0.25, 0.3) is 0 Å². The fraction of sp³-hybridized carbons (Fsp3) is 0.250. The zero-order valence-corrected chi connectivity index (χ0v) is 7.57. The number of alkyl halides is 2. The lowest BCUT2D eigenvalue weighted by Crippen LogP contribution is -2.02. The Balaban J connectivity index is 3.45. The maximum Gasteiger partial charge on any atom is 0.381 e. The van der Waals surface area contributed by atoms with Crippen molar-refractivity contribution in [2.24, 2.45) is 0 Å². The zero-order valence-electron chi connectivity index (χ0n) is 7.57. The molecule has 15 heavy (non-hydrogen) atoms. The summed E-state index contributed by atoms with van der Waals surface area (Å²) >= 11 is 0. The number of aryl methyl sites for hydroxylation is 1. The predicted octanol–water partition coefficient (Wildman–Crippen LogP) is 2.11. The van der Waals surface area contributed by atoms with Gasteiger partial charge >= 0.3 is 12.2 Å². The molecule has 0 aromatic carbocycles. The second kappa shape index (κ2) is 3.96. The van der Waals surface area contributed by atoms with Crippen LogP contribution in [-0.2, 0) is 0 Å². The molecule has 0 aliphatic rings. The standard InChI is InChI=1S/C8H5F2N3O2/c1-4-2-5(3-11)8(13(14)15)12-6(4)7(9)10/h2,7H,1H3. The SMILES string of the molecule is Cc1cc(C#N)c([N+](=O)[O-])nc1C(F)F. The van der Waals surface area contributed by atoms with Crippen molar-refractivity contribution in [2.45, 2.75) is 13.3 Å². The van der Waals surface area contributed by atoms with Gasteiger partial charge in [-0.1, -0.05) is 0 Å². The van der Waals surface area contributed by atoms with E-state index >= 15 is 0 Å². The molecule has 0 atom stereocenters. The molecule has 0 radical (unpaired) electrons. The Labute approximate surface area is 83.1 Å². The van der Waals surface area contributed by atoms with E-state index in [-0.39, 0.29) is 11.1 Å². The molecule has 1 heterocycles. The van der Waals surface area contributed by atoms with Crippen molar-refractivity contribution in [1.82, 2.24) is 4.98 Å². The highest BCUT2D eigenvalue weighted by Crippen LogP contribution is 2.25. The second-order valence-electron chi connectivity index (χ2n) is 2.73. The third kappa shape index (κ3) is 2.04. The van der Waals surface area contributed by atoms with Crippen molar-refractivity contribution < 1.29 is 13.7 Å². The highest BCUT2D eigenvalue weighted by molar-refractivity contribution is 5.46. The van der Waals surface area contributed by atoms with E-state index in [4.69, 9.17) is 5.26 Å². The van der Waals surface area contributed by atoms with Crippen LogP contribution < -0.4 is 0 Å². The fourth-order valence-corrected chi connectivity index (χ4v) is 1.06. The van der Waals surface area contributed by atoms with E-state index in [0.29, 0.717) is 0 Å². The lowest BCUT2D eigenvalue weighted by atomic mass is 10.1. The Kier molecular flexibility index (Phi) is 2.90. The van der Waals surface area contributed by atoms with Crippen molar-refractivity contribution >= 4 is 5.82 Å². The van der Waals surface area contributed by atoms with Gasteiger partial charge in [0.05, 0.1) is 0 Å². The average molecular weight is 213 g/mol. The molecule has 0 unspecified atom stereocenters. The monoisotopic (exact) mass is 213 g/mol. The number of hydrogen-bond acceptors (Lipinski definition) is 4. The number of rotatable bonds is 2. The summed E-state index contributed by atoms with van der Waals surface area (Å²) in [5.74, 6) is -0.835. The lowest BCUT2D eigenvalue weighted by molar-refractivity contribution is -0.390. The van der Waals surface area contributed by atoms with Crippen LogP contribution in [0.25, 0.3) is 0 Å². The van der Waals surface area contributed by atoms with Gasteiger partial charge < -0.3 is 10.1 Å². The first-order chi connectivity index (χ1) is 6.97. The summed E-state index contributed by atoms with van der Waals surface area (Å²) in [4.78, 5) is 12.6. The summed E-state index contributed by atoms with van der Waals surface area (Å²) in [5.41, 5.74) is -0.922. The summed E-state index contributed by atoms with van der Waals surface area (Å²) < 4.78 is 24.7. The summed E-state index contributed by atoms with van der Waals surface area (Å²) in [6.45, 7) is 1.32. The summed E-state index contributed by atoms with van der Waals surface area (Å²) in [5, 5.41) is 19.0. The Morgan fingerprint density at radius 1 is 1.67 bits per heavy atom. The molecule has 1 rings (SSSR count). The molecule has 1 aromatic rings. The maximum atomic E-state index is 12.3. The molecule has 0 fully saturated rings. The molecule has 1 aromatic heterocycles. The second-order valence-corrected chi connectivity index (χ2v) is 2.73. The van der Waals surface area contributed by atoms with Gasteiger partial charge in [-0.3, -0.25) is 0 Å². The first kappa shape index (κ1) is 11.0. The van der Waals surface area contributed by atoms with Crippen molar-refractivity contribution in [2.75, 3.05) is 0 Å². The molecule has 0 N–H and O–H groups in total. The molecule has 0 saturated heterocycles. The van der Waals surface area contributed by atoms with Gasteiger partial charge in [-0.2, -0.15) is 5.26 Å². The molecular weight excluding hydrogens is 208 g/mol. The van der Waals surface area contributed by atoms with Crippen LogP contribution >= 0.6 is 0 Å². The minimum atomic E-state index is -2.89. The number of nitrogens with zero attached hydrogens (tertiary/aromatic N) is 3. The van der Waals surface area contributed by atoms with Crippen molar-refractivity contribution in [3.8, 4) is 6.07 Å². The summed E-state index contributed by atoms with van der Waals surface area (Å²) in [6, 6.07) is 2.57. The van der Waals surface area contributed by atoms with Crippen LogP contribution in [0.4, 0.5) is 14.6 Å². The normalized spacial score (nSPS) is 10.1. The van der Waals surface area contributed by atoms with Crippen LogP contribution in [0, 0.1) is 28.4 Å². The third-order valence-electron chi connectivity index (χ3n) is 1.73. The van der Waals surface area contributed by atoms with Crippen LogP contribution in [-0.4, -0.2) is 9.91 Å². The van der Waals surface area contributed by atoms with Gasteiger partial charge in [0.15, 0.2) is 0 Å². The Morgan fingerprint density at radius 3 is 2.67 bits per heavy atom. The van der Waals surface area contributed by atoms with Crippen LogP contribution in [0.5, 0.6) is 0 Å². The summed E-state index contributed by atoms with van der Waals surface area (Å²) in [6.07, 6.45) is -2.89. The van der Waals surface area contributed by atoms with E-state index in [1.807, 2.05) is 0 Å². The van der Waals surface area contributed by atoms with Gasteiger partial charge in [0.1, 0.15) is 11.6 Å². The van der Waals surface area contributed by atoms with Gasteiger partial charge in [-0.15, -0.1) is 0 Å². The van der Waals surface area contributed by atoms with Crippen LogP contribution in [0.1, 0.15) is 23.2 Å². The number of aromatic nitrogens is 1. The fourth-order valence-electron chi connectivity index (χ4n) is 1.06. The minimum Gasteiger partial charge on any atom is -0.358 e. The molecule has 0 amide bonds. The van der Waals surface area contributed by atoms with Crippen molar-refractivity contribution in [3.63, 3.8) is 0 Å². The highest BCUT2D eigenvalue weighted by Gasteiger charge is 2.25. The Morgan fingerprint density at radius 2 is 2.27 bits per heavy atom. The quantitative estimate of drug-likeness (QED) is 0.556. The van der Waals surface area contributed by atoms with Crippen LogP contribution in [0.2, 0.25) is 0 Å². The molecule has 0 aliphatic heterocycles. The molecule has 7 heteroatoms. The number of nitriles is 1. The van der Waals surface area contributed by atoms with E-state index in [9.17, 15) is 18.9 Å². The number of pyridine rings is 1. The molecule has 0 bridgehead atoms. The molecule has 0 saturated carbocycles. The first-order valence-corrected chi connectivity index (χ1v) is 3.81. The van der Waals surface area contributed by atoms with E-state index in [1.54, 1.807) is 0 Å². The molecule has 0 aliphatic carbocycles. The molecular formula is C8H5F2N3O2. The Bertz CT molecular complexity index is 454. The van der Waals surface area contributed by atoms with Crippen molar-refractivity contribution in [1.29, 1.82) is 5.26 Å². The van der Waals surface area contributed by atoms with E-state index in [1.165, 1.54) is 13.0 Å². The predicted molar refractivity (Wildman–Crippen MR) is 45.3 cm³/mol. The zero-order chi connectivity index (χ0) is 11.6. The average Bonchev–Trinajstić information content (AvgIpc) is 2.16. The minimum absolute atomic E-state index is 0.0622.